The van der Waals surface area contributed by atoms with Crippen molar-refractivity contribution >= 4 is 34.8 Å². The molecule has 0 saturated heterocycles. The first-order valence-electron chi connectivity index (χ1n) is 5.76. The Morgan fingerprint density at radius 1 is 0.833 bits per heavy atom. The number of hydrogen-bond donors (Lipinski definition) is 0. The molecule has 0 aliphatic rings. The van der Waals surface area contributed by atoms with Crippen molar-refractivity contribution in [1.29, 1.82) is 0 Å². The second kappa shape index (κ2) is 6.47. The van der Waals surface area contributed by atoms with E-state index in [-0.39, 0.29) is 5.92 Å². The number of rotatable bonds is 4. The van der Waals surface area contributed by atoms with Crippen LogP contribution in [-0.4, -0.2) is 5.88 Å². The Morgan fingerprint density at radius 3 is 2.00 bits per heavy atom. The van der Waals surface area contributed by atoms with Crippen LogP contribution < -0.4 is 0 Å². The molecule has 0 N–H and O–H groups in total. The molecule has 1 unspecified atom stereocenters. The van der Waals surface area contributed by atoms with Gasteiger partial charge in [0.15, 0.2) is 0 Å². The average Bonchev–Trinajstić information content (AvgIpc) is 2.40. The smallest absolute Gasteiger partial charge is 0.0453 e. The Labute approximate surface area is 122 Å². The first kappa shape index (κ1) is 13.7. The molecule has 2 rings (SSSR count). The zero-order chi connectivity index (χ0) is 13.0. The molecule has 3 heteroatoms. The third-order valence-electron chi connectivity index (χ3n) is 2.97. The van der Waals surface area contributed by atoms with Crippen molar-refractivity contribution < 1.29 is 0 Å². The molecular weight excluding hydrogens is 287 g/mol. The zero-order valence-corrected chi connectivity index (χ0v) is 12.0. The largest absolute Gasteiger partial charge is 0.126 e. The number of benzene rings is 2. The molecular formula is C15H13Cl3. The van der Waals surface area contributed by atoms with Gasteiger partial charge in [0.25, 0.3) is 0 Å². The summed E-state index contributed by atoms with van der Waals surface area (Å²) in [4.78, 5) is 0. The van der Waals surface area contributed by atoms with Crippen molar-refractivity contribution in [1.82, 2.24) is 0 Å². The highest BCUT2D eigenvalue weighted by molar-refractivity contribution is 6.36. The third kappa shape index (κ3) is 3.20. The lowest BCUT2D eigenvalue weighted by Gasteiger charge is -2.16. The molecule has 2 aromatic rings. The highest BCUT2D eigenvalue weighted by Crippen LogP contribution is 2.30. The minimum Gasteiger partial charge on any atom is -0.126 e. The molecule has 0 saturated carbocycles. The van der Waals surface area contributed by atoms with Crippen LogP contribution in [0, 0.1) is 0 Å². The summed E-state index contributed by atoms with van der Waals surface area (Å²) in [6, 6.07) is 15.8. The van der Waals surface area contributed by atoms with E-state index in [1.165, 1.54) is 5.56 Å². The van der Waals surface area contributed by atoms with E-state index < -0.39 is 0 Å². The van der Waals surface area contributed by atoms with Crippen LogP contribution in [0.2, 0.25) is 10.0 Å². The van der Waals surface area contributed by atoms with Gasteiger partial charge in [-0.15, -0.1) is 11.6 Å². The van der Waals surface area contributed by atoms with Gasteiger partial charge in [-0.2, -0.15) is 0 Å². The Morgan fingerprint density at radius 2 is 1.44 bits per heavy atom. The van der Waals surface area contributed by atoms with E-state index in [1.54, 1.807) is 0 Å². The van der Waals surface area contributed by atoms with Crippen LogP contribution in [0.3, 0.4) is 0 Å². The second-order valence-corrected chi connectivity index (χ2v) is 5.29. The predicted octanol–water partition coefficient (Wildman–Crippen LogP) is 5.56. The fraction of sp³-hybridized carbons (Fsp3) is 0.200. The lowest BCUT2D eigenvalue weighted by Crippen LogP contribution is -2.05. The minimum absolute atomic E-state index is 0.227. The summed E-state index contributed by atoms with van der Waals surface area (Å²) in [6.07, 6.45) is 0.756. The molecule has 0 aliphatic carbocycles. The van der Waals surface area contributed by atoms with E-state index in [0.717, 1.165) is 12.0 Å². The predicted molar refractivity (Wildman–Crippen MR) is 80.1 cm³/mol. The molecule has 0 aromatic heterocycles. The quantitative estimate of drug-likeness (QED) is 0.648. The monoisotopic (exact) mass is 298 g/mol. The lowest BCUT2D eigenvalue weighted by molar-refractivity contribution is 0.766. The van der Waals surface area contributed by atoms with E-state index in [4.69, 9.17) is 34.8 Å². The molecule has 0 heterocycles. The van der Waals surface area contributed by atoms with Gasteiger partial charge in [0, 0.05) is 21.8 Å². The van der Waals surface area contributed by atoms with Gasteiger partial charge in [0.05, 0.1) is 0 Å². The van der Waals surface area contributed by atoms with Gasteiger partial charge >= 0.3 is 0 Å². The van der Waals surface area contributed by atoms with E-state index >= 15 is 0 Å². The molecule has 0 amide bonds. The highest BCUT2D eigenvalue weighted by Gasteiger charge is 2.15. The molecule has 0 nitrogen and oxygen atoms in total. The summed E-state index contributed by atoms with van der Waals surface area (Å²) in [5.41, 5.74) is 2.18. The van der Waals surface area contributed by atoms with Gasteiger partial charge in [-0.25, -0.2) is 0 Å². The summed E-state index contributed by atoms with van der Waals surface area (Å²) in [5, 5.41) is 1.40. The molecule has 1 atom stereocenters. The molecule has 18 heavy (non-hydrogen) atoms. The minimum atomic E-state index is 0.227. The van der Waals surface area contributed by atoms with Crippen molar-refractivity contribution in [2.24, 2.45) is 0 Å². The maximum Gasteiger partial charge on any atom is 0.0453 e. The summed E-state index contributed by atoms with van der Waals surface area (Å²) in [5.74, 6) is 0.774. The SMILES string of the molecule is ClCC(Cc1c(Cl)cccc1Cl)c1ccccc1. The summed E-state index contributed by atoms with van der Waals surface area (Å²) in [6.45, 7) is 0. The molecule has 0 aliphatic heterocycles. The summed E-state index contributed by atoms with van der Waals surface area (Å²) in [7, 11) is 0. The van der Waals surface area contributed by atoms with Crippen molar-refractivity contribution in [3.05, 3.63) is 69.7 Å². The number of alkyl halides is 1. The van der Waals surface area contributed by atoms with Crippen molar-refractivity contribution in [2.45, 2.75) is 12.3 Å². The van der Waals surface area contributed by atoms with Crippen LogP contribution >= 0.6 is 34.8 Å². The van der Waals surface area contributed by atoms with Gasteiger partial charge in [0.1, 0.15) is 0 Å². The number of hydrogen-bond acceptors (Lipinski definition) is 0. The molecule has 94 valence electrons. The Hall–Kier alpha value is -0.690. The van der Waals surface area contributed by atoms with Crippen LogP contribution in [0.15, 0.2) is 48.5 Å². The average molecular weight is 300 g/mol. The first-order chi connectivity index (χ1) is 8.72. The Bertz CT molecular complexity index is 488. The Kier molecular flexibility index (Phi) is 4.94. The molecule has 0 fully saturated rings. The van der Waals surface area contributed by atoms with Gasteiger partial charge in [-0.1, -0.05) is 59.6 Å². The fourth-order valence-corrected chi connectivity index (χ4v) is 2.80. The van der Waals surface area contributed by atoms with E-state index in [9.17, 15) is 0 Å². The molecule has 2 aromatic carbocycles. The Balaban J connectivity index is 2.26. The van der Waals surface area contributed by atoms with Crippen molar-refractivity contribution in [3.63, 3.8) is 0 Å². The summed E-state index contributed by atoms with van der Waals surface area (Å²) >= 11 is 18.5. The molecule has 0 bridgehead atoms. The second-order valence-electron chi connectivity index (χ2n) is 4.17. The fourth-order valence-electron chi connectivity index (χ4n) is 1.96. The van der Waals surface area contributed by atoms with E-state index in [0.29, 0.717) is 15.9 Å². The van der Waals surface area contributed by atoms with Crippen LogP contribution in [0.25, 0.3) is 0 Å². The maximum atomic E-state index is 6.19. The molecule has 0 radical (unpaired) electrons. The lowest BCUT2D eigenvalue weighted by atomic mass is 9.93. The van der Waals surface area contributed by atoms with Crippen LogP contribution in [0.5, 0.6) is 0 Å². The normalized spacial score (nSPS) is 12.4. The van der Waals surface area contributed by atoms with Gasteiger partial charge in [-0.05, 0) is 29.7 Å². The van der Waals surface area contributed by atoms with Crippen LogP contribution in [0.1, 0.15) is 17.0 Å². The highest BCUT2D eigenvalue weighted by atomic mass is 35.5. The number of halogens is 3. The maximum absolute atomic E-state index is 6.19. The summed E-state index contributed by atoms with van der Waals surface area (Å²) < 4.78 is 0. The molecule has 0 spiro atoms. The van der Waals surface area contributed by atoms with Crippen molar-refractivity contribution in [3.8, 4) is 0 Å². The third-order valence-corrected chi connectivity index (χ3v) is 4.05. The van der Waals surface area contributed by atoms with Gasteiger partial charge in [0.2, 0.25) is 0 Å². The van der Waals surface area contributed by atoms with Gasteiger partial charge in [-0.3, -0.25) is 0 Å². The van der Waals surface area contributed by atoms with Crippen LogP contribution in [0.4, 0.5) is 0 Å². The van der Waals surface area contributed by atoms with E-state index in [1.807, 2.05) is 36.4 Å². The van der Waals surface area contributed by atoms with Crippen molar-refractivity contribution in [2.75, 3.05) is 5.88 Å². The van der Waals surface area contributed by atoms with Crippen LogP contribution in [-0.2, 0) is 6.42 Å². The van der Waals surface area contributed by atoms with Gasteiger partial charge < -0.3 is 0 Å². The topological polar surface area (TPSA) is 0 Å². The zero-order valence-electron chi connectivity index (χ0n) is 9.74. The first-order valence-corrected chi connectivity index (χ1v) is 7.05. The van der Waals surface area contributed by atoms with E-state index in [2.05, 4.69) is 12.1 Å². The standard InChI is InChI=1S/C15H13Cl3/c16-10-12(11-5-2-1-3-6-11)9-13-14(17)7-4-8-15(13)18/h1-8,12H,9-10H2.